The van der Waals surface area contributed by atoms with Gasteiger partial charge in [-0.1, -0.05) is 41.9 Å². The standard InChI is InChI=1S/C26H22ClF8N3O3/c27-17-6-7-21(36-13-17)24(11-15-4-2-1-3-5-15,38-23(40)37-19(14-39)12-25(31,32)33)16-8-18(28)10-20(9-16)41-26(34,35)22(29)30/h1-10,13,19,22,39H,11-12,14H2,(H2,37,38,40). The highest BCUT2D eigenvalue weighted by Gasteiger charge is 2.45. The number of halogens is 9. The van der Waals surface area contributed by atoms with Crippen molar-refractivity contribution in [3.05, 3.63) is 94.5 Å². The Bertz CT molecular complexity index is 1310. The van der Waals surface area contributed by atoms with Gasteiger partial charge in [-0.05, 0) is 35.4 Å². The van der Waals surface area contributed by atoms with Crippen molar-refractivity contribution in [3.63, 3.8) is 0 Å². The number of benzene rings is 2. The zero-order valence-corrected chi connectivity index (χ0v) is 21.5. The van der Waals surface area contributed by atoms with E-state index >= 15 is 0 Å². The lowest BCUT2D eigenvalue weighted by molar-refractivity contribution is -0.253. The van der Waals surface area contributed by atoms with E-state index in [0.29, 0.717) is 11.6 Å². The van der Waals surface area contributed by atoms with E-state index in [1.54, 1.807) is 30.3 Å². The summed E-state index contributed by atoms with van der Waals surface area (Å²) in [7, 11) is 0. The summed E-state index contributed by atoms with van der Waals surface area (Å²) in [6.07, 6.45) is -14.8. The van der Waals surface area contributed by atoms with Crippen LogP contribution in [0.2, 0.25) is 5.02 Å². The van der Waals surface area contributed by atoms with Crippen molar-refractivity contribution in [1.82, 2.24) is 15.6 Å². The minimum absolute atomic E-state index is 0.0885. The molecule has 0 bridgehead atoms. The fraction of sp³-hybridized carbons (Fsp3) is 0.308. The molecule has 0 fully saturated rings. The summed E-state index contributed by atoms with van der Waals surface area (Å²) in [6.45, 7) is -1.10. The minimum Gasteiger partial charge on any atom is -0.428 e. The molecule has 15 heteroatoms. The molecule has 0 aliphatic heterocycles. The monoisotopic (exact) mass is 611 g/mol. The van der Waals surface area contributed by atoms with Gasteiger partial charge in [-0.2, -0.15) is 30.7 Å². The number of amides is 2. The van der Waals surface area contributed by atoms with Crippen LogP contribution >= 0.6 is 11.6 Å². The van der Waals surface area contributed by atoms with E-state index in [4.69, 9.17) is 11.6 Å². The number of nitrogens with one attached hydrogen (secondary N) is 2. The van der Waals surface area contributed by atoms with Crippen LogP contribution in [0.3, 0.4) is 0 Å². The molecule has 2 aromatic carbocycles. The number of aliphatic hydroxyl groups is 1. The zero-order valence-electron chi connectivity index (χ0n) is 20.7. The molecule has 0 spiro atoms. The van der Waals surface area contributed by atoms with Gasteiger partial charge in [0.15, 0.2) is 0 Å². The molecule has 2 amide bonds. The first-order chi connectivity index (χ1) is 19.1. The van der Waals surface area contributed by atoms with Crippen molar-refractivity contribution in [3.8, 4) is 5.75 Å². The molecule has 0 saturated carbocycles. The first kappa shape index (κ1) is 31.9. The highest BCUT2D eigenvalue weighted by Crippen LogP contribution is 2.37. The second kappa shape index (κ2) is 12.9. The van der Waals surface area contributed by atoms with Crippen LogP contribution in [-0.4, -0.2) is 47.5 Å². The molecule has 1 heterocycles. The molecular weight excluding hydrogens is 590 g/mol. The van der Waals surface area contributed by atoms with Crippen LogP contribution in [0.15, 0.2) is 66.9 Å². The zero-order chi connectivity index (χ0) is 30.4. The number of pyridine rings is 1. The van der Waals surface area contributed by atoms with Gasteiger partial charge in [-0.25, -0.2) is 9.18 Å². The van der Waals surface area contributed by atoms with E-state index in [2.05, 4.69) is 15.0 Å². The second-order valence-corrected chi connectivity index (χ2v) is 9.30. The number of ether oxygens (including phenoxy) is 1. The number of hydrogen-bond acceptors (Lipinski definition) is 4. The third-order valence-corrected chi connectivity index (χ3v) is 5.93. The summed E-state index contributed by atoms with van der Waals surface area (Å²) in [4.78, 5) is 17.3. The second-order valence-electron chi connectivity index (χ2n) is 8.87. The summed E-state index contributed by atoms with van der Waals surface area (Å²) in [5.41, 5.74) is -2.02. The van der Waals surface area contributed by atoms with Crippen molar-refractivity contribution < 1.29 is 49.8 Å². The van der Waals surface area contributed by atoms with E-state index in [0.717, 1.165) is 18.3 Å². The lowest BCUT2D eigenvalue weighted by atomic mass is 9.80. The largest absolute Gasteiger partial charge is 0.461 e. The summed E-state index contributed by atoms with van der Waals surface area (Å²) in [5, 5.41) is 13.9. The van der Waals surface area contributed by atoms with E-state index in [1.165, 1.54) is 12.1 Å². The van der Waals surface area contributed by atoms with Crippen molar-refractivity contribution >= 4 is 17.6 Å². The first-order valence-electron chi connectivity index (χ1n) is 11.7. The lowest BCUT2D eigenvalue weighted by Crippen LogP contribution is -2.55. The molecule has 0 aliphatic carbocycles. The van der Waals surface area contributed by atoms with Gasteiger partial charge < -0.3 is 20.5 Å². The number of aromatic nitrogens is 1. The maximum atomic E-state index is 14.8. The van der Waals surface area contributed by atoms with Gasteiger partial charge in [0.2, 0.25) is 0 Å². The van der Waals surface area contributed by atoms with Crippen molar-refractivity contribution in [2.24, 2.45) is 0 Å². The van der Waals surface area contributed by atoms with Crippen molar-refractivity contribution in [2.75, 3.05) is 6.61 Å². The van der Waals surface area contributed by atoms with Gasteiger partial charge in [0.05, 0.1) is 29.8 Å². The number of carbonyl (C=O) groups excluding carboxylic acids is 1. The summed E-state index contributed by atoms with van der Waals surface area (Å²) in [5.74, 6) is -2.27. The maximum absolute atomic E-state index is 14.8. The Hall–Kier alpha value is -3.65. The quantitative estimate of drug-likeness (QED) is 0.225. The summed E-state index contributed by atoms with van der Waals surface area (Å²) in [6, 6.07) is 9.48. The van der Waals surface area contributed by atoms with E-state index in [9.17, 15) is 45.0 Å². The molecule has 3 aromatic rings. The molecule has 0 radical (unpaired) electrons. The summed E-state index contributed by atoms with van der Waals surface area (Å²) >= 11 is 5.94. The molecule has 222 valence electrons. The molecule has 0 saturated heterocycles. The number of aliphatic hydroxyl groups excluding tert-OH is 1. The predicted octanol–water partition coefficient (Wildman–Crippen LogP) is 6.21. The third kappa shape index (κ3) is 8.67. The van der Waals surface area contributed by atoms with Crippen LogP contribution in [-0.2, 0) is 12.0 Å². The van der Waals surface area contributed by atoms with Crippen LogP contribution in [0.5, 0.6) is 5.75 Å². The van der Waals surface area contributed by atoms with Gasteiger partial charge in [0, 0.05) is 18.7 Å². The van der Waals surface area contributed by atoms with Crippen LogP contribution < -0.4 is 15.4 Å². The highest BCUT2D eigenvalue weighted by molar-refractivity contribution is 6.30. The van der Waals surface area contributed by atoms with E-state index in [-0.39, 0.29) is 22.7 Å². The smallest absolute Gasteiger partial charge is 0.428 e. The molecule has 2 unspecified atom stereocenters. The molecule has 2 atom stereocenters. The minimum atomic E-state index is -5.01. The molecule has 3 rings (SSSR count). The predicted molar refractivity (Wildman–Crippen MR) is 131 cm³/mol. The molecular formula is C26H22ClF8N3O3. The number of alkyl halides is 7. The Balaban J connectivity index is 2.20. The average Bonchev–Trinajstić information content (AvgIpc) is 2.87. The molecule has 41 heavy (non-hydrogen) atoms. The van der Waals surface area contributed by atoms with Gasteiger partial charge in [0.1, 0.15) is 17.1 Å². The average molecular weight is 612 g/mol. The normalized spacial score (nSPS) is 14.3. The van der Waals surface area contributed by atoms with Gasteiger partial charge in [0.25, 0.3) is 0 Å². The Labute approximate surface area is 233 Å². The van der Waals surface area contributed by atoms with Crippen LogP contribution in [0.25, 0.3) is 0 Å². The third-order valence-electron chi connectivity index (χ3n) is 5.71. The van der Waals surface area contributed by atoms with E-state index in [1.807, 2.05) is 5.32 Å². The Morgan fingerprint density at radius 1 is 1.02 bits per heavy atom. The van der Waals surface area contributed by atoms with E-state index < -0.39 is 60.9 Å². The molecule has 1 aromatic heterocycles. The Morgan fingerprint density at radius 2 is 1.71 bits per heavy atom. The lowest BCUT2D eigenvalue weighted by Gasteiger charge is -2.36. The fourth-order valence-corrected chi connectivity index (χ4v) is 4.09. The topological polar surface area (TPSA) is 83.5 Å². The van der Waals surface area contributed by atoms with Gasteiger partial charge in [-0.3, -0.25) is 4.98 Å². The molecule has 3 N–H and O–H groups in total. The van der Waals surface area contributed by atoms with Crippen LogP contribution in [0.4, 0.5) is 39.9 Å². The Morgan fingerprint density at radius 3 is 2.27 bits per heavy atom. The number of carbonyl (C=O) groups is 1. The SMILES string of the molecule is O=C(NC(CO)CC(F)(F)F)NC(Cc1ccccc1)(c1cc(F)cc(OC(F)(F)C(F)F)c1)c1ccc(Cl)cn1. The van der Waals surface area contributed by atoms with Gasteiger partial charge >= 0.3 is 24.7 Å². The van der Waals surface area contributed by atoms with Crippen molar-refractivity contribution in [2.45, 2.75) is 43.1 Å². The maximum Gasteiger partial charge on any atom is 0.461 e. The van der Waals surface area contributed by atoms with Crippen LogP contribution in [0.1, 0.15) is 23.2 Å². The number of hydrogen-bond donors (Lipinski definition) is 3. The van der Waals surface area contributed by atoms with Crippen LogP contribution in [0, 0.1) is 5.82 Å². The number of urea groups is 1. The number of rotatable bonds is 11. The molecule has 6 nitrogen and oxygen atoms in total. The Kier molecular flexibility index (Phi) is 10.0. The number of nitrogens with zero attached hydrogens (tertiary/aromatic N) is 1. The van der Waals surface area contributed by atoms with Crippen molar-refractivity contribution in [1.29, 1.82) is 0 Å². The highest BCUT2D eigenvalue weighted by atomic mass is 35.5. The summed E-state index contributed by atoms with van der Waals surface area (Å²) < 4.78 is 111. The molecule has 0 aliphatic rings. The first-order valence-corrected chi connectivity index (χ1v) is 12.1. The van der Waals surface area contributed by atoms with Gasteiger partial charge in [-0.15, -0.1) is 0 Å². The fourth-order valence-electron chi connectivity index (χ4n) is 3.98.